The predicted octanol–water partition coefficient (Wildman–Crippen LogP) is 2.40. The van der Waals surface area contributed by atoms with Gasteiger partial charge in [0.2, 0.25) is 0 Å². The number of hydrogen-bond donors (Lipinski definition) is 1. The van der Waals surface area contributed by atoms with E-state index < -0.39 is 5.76 Å². The van der Waals surface area contributed by atoms with Crippen molar-refractivity contribution < 1.29 is 9.21 Å². The van der Waals surface area contributed by atoms with Gasteiger partial charge in [-0.2, -0.15) is 0 Å². The van der Waals surface area contributed by atoms with Crippen LogP contribution in [0.2, 0.25) is 0 Å². The van der Waals surface area contributed by atoms with Gasteiger partial charge in [0.15, 0.2) is 5.58 Å². The zero-order valence-electron chi connectivity index (χ0n) is 10.8. The molecule has 0 aliphatic carbocycles. The average molecular weight is 268 g/mol. The SMILES string of the molecule is CN(C(=O)c1ccc2[nH]c(=O)oc2c1)c1ccccc1. The predicted molar refractivity (Wildman–Crippen MR) is 76.0 cm³/mol. The molecule has 0 spiro atoms. The molecule has 5 nitrogen and oxygen atoms in total. The molecule has 0 aliphatic rings. The number of carbonyl (C=O) groups is 1. The van der Waals surface area contributed by atoms with E-state index in [2.05, 4.69) is 4.98 Å². The van der Waals surface area contributed by atoms with E-state index in [1.165, 1.54) is 0 Å². The Morgan fingerprint density at radius 2 is 1.90 bits per heavy atom. The topological polar surface area (TPSA) is 66.3 Å². The lowest BCUT2D eigenvalue weighted by molar-refractivity contribution is 0.0993. The number of oxazole rings is 1. The number of para-hydroxylation sites is 1. The van der Waals surface area contributed by atoms with Gasteiger partial charge in [-0.1, -0.05) is 18.2 Å². The molecule has 0 saturated carbocycles. The van der Waals surface area contributed by atoms with E-state index in [-0.39, 0.29) is 5.91 Å². The highest BCUT2D eigenvalue weighted by atomic mass is 16.4. The van der Waals surface area contributed by atoms with E-state index in [9.17, 15) is 9.59 Å². The summed E-state index contributed by atoms with van der Waals surface area (Å²) >= 11 is 0. The van der Waals surface area contributed by atoms with E-state index >= 15 is 0 Å². The number of amides is 1. The van der Waals surface area contributed by atoms with Crippen LogP contribution in [0.1, 0.15) is 10.4 Å². The van der Waals surface area contributed by atoms with Crippen LogP contribution in [-0.2, 0) is 0 Å². The van der Waals surface area contributed by atoms with Gasteiger partial charge in [-0.3, -0.25) is 9.78 Å². The smallest absolute Gasteiger partial charge is 0.408 e. The lowest BCUT2D eigenvalue weighted by atomic mass is 10.1. The third-order valence-corrected chi connectivity index (χ3v) is 3.12. The fourth-order valence-electron chi connectivity index (χ4n) is 2.04. The number of benzene rings is 2. The monoisotopic (exact) mass is 268 g/mol. The van der Waals surface area contributed by atoms with Gasteiger partial charge >= 0.3 is 5.76 Å². The molecule has 0 saturated heterocycles. The van der Waals surface area contributed by atoms with E-state index in [1.54, 1.807) is 30.1 Å². The van der Waals surface area contributed by atoms with Gasteiger partial charge in [-0.15, -0.1) is 0 Å². The van der Waals surface area contributed by atoms with Crippen LogP contribution < -0.4 is 10.7 Å². The van der Waals surface area contributed by atoms with Gasteiger partial charge in [-0.05, 0) is 30.3 Å². The van der Waals surface area contributed by atoms with E-state index in [0.717, 1.165) is 5.69 Å². The van der Waals surface area contributed by atoms with Crippen molar-refractivity contribution in [1.29, 1.82) is 0 Å². The molecule has 1 heterocycles. The van der Waals surface area contributed by atoms with Crippen LogP contribution in [0.5, 0.6) is 0 Å². The van der Waals surface area contributed by atoms with Crippen LogP contribution in [-0.4, -0.2) is 17.9 Å². The maximum absolute atomic E-state index is 12.4. The van der Waals surface area contributed by atoms with E-state index in [0.29, 0.717) is 16.7 Å². The molecule has 0 bridgehead atoms. The molecule has 0 radical (unpaired) electrons. The molecule has 1 aromatic heterocycles. The molecule has 3 rings (SSSR count). The Hall–Kier alpha value is -2.82. The molecular weight excluding hydrogens is 256 g/mol. The molecule has 1 amide bonds. The number of nitrogens with one attached hydrogen (secondary N) is 1. The number of carbonyl (C=O) groups excluding carboxylic acids is 1. The second-order valence-electron chi connectivity index (χ2n) is 4.43. The van der Waals surface area contributed by atoms with Crippen LogP contribution in [0.15, 0.2) is 57.7 Å². The zero-order valence-corrected chi connectivity index (χ0v) is 10.8. The highest BCUT2D eigenvalue weighted by molar-refractivity contribution is 6.07. The summed E-state index contributed by atoms with van der Waals surface area (Å²) in [5.74, 6) is -0.692. The van der Waals surface area contributed by atoms with E-state index in [1.807, 2.05) is 30.3 Å². The Bertz CT molecular complexity index is 818. The van der Waals surface area contributed by atoms with Crippen molar-refractivity contribution >= 4 is 22.7 Å². The summed E-state index contributed by atoms with van der Waals surface area (Å²) in [6.45, 7) is 0. The fourth-order valence-corrected chi connectivity index (χ4v) is 2.04. The third-order valence-electron chi connectivity index (χ3n) is 3.12. The maximum atomic E-state index is 12.4. The normalized spacial score (nSPS) is 10.7. The average Bonchev–Trinajstić information content (AvgIpc) is 2.85. The Kier molecular flexibility index (Phi) is 2.87. The number of aromatic amines is 1. The lowest BCUT2D eigenvalue weighted by Crippen LogP contribution is -2.25. The van der Waals surface area contributed by atoms with Crippen LogP contribution in [0.25, 0.3) is 11.1 Å². The number of aromatic nitrogens is 1. The Labute approximate surface area is 114 Å². The minimum absolute atomic E-state index is 0.165. The number of rotatable bonds is 2. The van der Waals surface area contributed by atoms with Gasteiger partial charge in [0, 0.05) is 18.3 Å². The molecule has 3 aromatic rings. The summed E-state index contributed by atoms with van der Waals surface area (Å²) < 4.78 is 4.96. The number of anilines is 1. The van der Waals surface area contributed by atoms with Crippen molar-refractivity contribution in [2.75, 3.05) is 11.9 Å². The summed E-state index contributed by atoms with van der Waals surface area (Å²) in [4.78, 5) is 27.6. The summed E-state index contributed by atoms with van der Waals surface area (Å²) in [7, 11) is 1.70. The lowest BCUT2D eigenvalue weighted by Gasteiger charge is -2.17. The number of H-pyrrole nitrogens is 1. The molecule has 20 heavy (non-hydrogen) atoms. The second kappa shape index (κ2) is 4.70. The van der Waals surface area contributed by atoms with E-state index in [4.69, 9.17) is 4.42 Å². The van der Waals surface area contributed by atoms with Gasteiger partial charge in [0.25, 0.3) is 5.91 Å². The van der Waals surface area contributed by atoms with Crippen LogP contribution >= 0.6 is 0 Å². The van der Waals surface area contributed by atoms with Crippen molar-refractivity contribution in [3.05, 3.63) is 64.6 Å². The molecule has 0 unspecified atom stereocenters. The molecule has 1 N–H and O–H groups in total. The van der Waals surface area contributed by atoms with Crippen LogP contribution in [0.3, 0.4) is 0 Å². The Balaban J connectivity index is 1.97. The number of hydrogen-bond acceptors (Lipinski definition) is 3. The van der Waals surface area contributed by atoms with Crippen molar-refractivity contribution in [1.82, 2.24) is 4.98 Å². The van der Waals surface area contributed by atoms with Gasteiger partial charge in [0.1, 0.15) is 0 Å². The fraction of sp³-hybridized carbons (Fsp3) is 0.0667. The van der Waals surface area contributed by atoms with Gasteiger partial charge in [0.05, 0.1) is 5.52 Å². The highest BCUT2D eigenvalue weighted by Gasteiger charge is 2.14. The summed E-state index contributed by atoms with van der Waals surface area (Å²) in [6.07, 6.45) is 0. The number of nitrogens with zero attached hydrogens (tertiary/aromatic N) is 1. The molecule has 5 heteroatoms. The largest absolute Gasteiger partial charge is 0.417 e. The Morgan fingerprint density at radius 1 is 1.15 bits per heavy atom. The van der Waals surface area contributed by atoms with Gasteiger partial charge < -0.3 is 9.32 Å². The number of fused-ring (bicyclic) bond motifs is 1. The molecule has 2 aromatic carbocycles. The molecule has 100 valence electrons. The third kappa shape index (κ3) is 2.09. The second-order valence-corrected chi connectivity index (χ2v) is 4.43. The summed E-state index contributed by atoms with van der Waals surface area (Å²) in [5, 5.41) is 0. The maximum Gasteiger partial charge on any atom is 0.417 e. The quantitative estimate of drug-likeness (QED) is 0.776. The summed E-state index contributed by atoms with van der Waals surface area (Å²) in [6, 6.07) is 14.2. The van der Waals surface area contributed by atoms with Crippen LogP contribution in [0.4, 0.5) is 5.69 Å². The van der Waals surface area contributed by atoms with Crippen LogP contribution in [0, 0.1) is 0 Å². The standard InChI is InChI=1S/C15H12N2O3/c1-17(11-5-3-2-4-6-11)14(18)10-7-8-12-13(9-10)20-15(19)16-12/h2-9H,1H3,(H,16,19). The summed E-state index contributed by atoms with van der Waals surface area (Å²) in [5.41, 5.74) is 2.22. The Morgan fingerprint density at radius 3 is 2.65 bits per heavy atom. The van der Waals surface area contributed by atoms with Crippen molar-refractivity contribution in [2.24, 2.45) is 0 Å². The van der Waals surface area contributed by atoms with Gasteiger partial charge in [-0.25, -0.2) is 4.79 Å². The molecule has 0 aliphatic heterocycles. The van der Waals surface area contributed by atoms with Crippen molar-refractivity contribution in [3.8, 4) is 0 Å². The first-order valence-corrected chi connectivity index (χ1v) is 6.11. The van der Waals surface area contributed by atoms with Crippen molar-refractivity contribution in [2.45, 2.75) is 0 Å². The minimum atomic E-state index is -0.527. The molecular formula is C15H12N2O3. The zero-order chi connectivity index (χ0) is 14.1. The first-order chi connectivity index (χ1) is 9.65. The molecule has 0 fully saturated rings. The molecule has 0 atom stereocenters. The first kappa shape index (κ1) is 12.2. The minimum Gasteiger partial charge on any atom is -0.408 e. The first-order valence-electron chi connectivity index (χ1n) is 6.11. The van der Waals surface area contributed by atoms with Crippen molar-refractivity contribution in [3.63, 3.8) is 0 Å². The highest BCUT2D eigenvalue weighted by Crippen LogP contribution is 2.17.